The number of hydrogen-bond donors (Lipinski definition) is 1. The van der Waals surface area contributed by atoms with Crippen LogP contribution in [0.5, 0.6) is 5.75 Å². The molecule has 0 aliphatic heterocycles. The Hall–Kier alpha value is -2.34. The molecule has 0 saturated heterocycles. The molecular weight excluding hydrogens is 366 g/mol. The molecule has 2 atom stereocenters. The van der Waals surface area contributed by atoms with Crippen LogP contribution in [0.4, 0.5) is 0 Å². The van der Waals surface area contributed by atoms with Gasteiger partial charge in [-0.05, 0) is 50.8 Å². The van der Waals surface area contributed by atoms with Crippen LogP contribution in [0.25, 0.3) is 0 Å². The van der Waals surface area contributed by atoms with Gasteiger partial charge in [-0.15, -0.1) is 0 Å². The van der Waals surface area contributed by atoms with Crippen molar-refractivity contribution >= 4 is 5.91 Å². The van der Waals surface area contributed by atoms with Crippen LogP contribution in [0.1, 0.15) is 69.9 Å². The van der Waals surface area contributed by atoms with Crippen LogP contribution in [-0.4, -0.2) is 34.5 Å². The number of ether oxygens (including phenoxy) is 1. The lowest BCUT2D eigenvalue weighted by Gasteiger charge is -2.30. The highest BCUT2D eigenvalue weighted by atomic mass is 16.5. The summed E-state index contributed by atoms with van der Waals surface area (Å²) < 4.78 is 11.1. The lowest BCUT2D eigenvalue weighted by Crippen LogP contribution is -2.36. The van der Waals surface area contributed by atoms with Crippen molar-refractivity contribution in [2.45, 2.75) is 73.1 Å². The quantitative estimate of drug-likeness (QED) is 0.594. The van der Waals surface area contributed by atoms with E-state index in [0.717, 1.165) is 18.7 Å². The van der Waals surface area contributed by atoms with Crippen molar-refractivity contribution in [2.24, 2.45) is 5.92 Å². The summed E-state index contributed by atoms with van der Waals surface area (Å²) in [5.74, 6) is 1.72. The van der Waals surface area contributed by atoms with Gasteiger partial charge in [0.25, 0.3) is 5.91 Å². The van der Waals surface area contributed by atoms with E-state index in [1.165, 1.54) is 11.8 Å². The van der Waals surface area contributed by atoms with Crippen molar-refractivity contribution in [3.63, 3.8) is 0 Å². The first-order valence-electron chi connectivity index (χ1n) is 10.5. The van der Waals surface area contributed by atoms with Gasteiger partial charge in [0.1, 0.15) is 12.0 Å². The number of benzene rings is 1. The Balaban J connectivity index is 2.10. The molecule has 2 rings (SSSR count). The topological polar surface area (TPSA) is 67.6 Å². The van der Waals surface area contributed by atoms with Crippen molar-refractivity contribution in [3.05, 3.63) is 47.7 Å². The zero-order valence-corrected chi connectivity index (χ0v) is 18.6. The number of aromatic nitrogens is 1. The largest absolute Gasteiger partial charge is 0.494 e. The van der Waals surface area contributed by atoms with Gasteiger partial charge >= 0.3 is 0 Å². The fourth-order valence-corrected chi connectivity index (χ4v) is 2.92. The molecule has 0 saturated carbocycles. The summed E-state index contributed by atoms with van der Waals surface area (Å²) in [5, 5.41) is 2.92. The highest BCUT2D eigenvalue weighted by Crippen LogP contribution is 2.20. The van der Waals surface area contributed by atoms with Gasteiger partial charge in [-0.25, -0.2) is 4.98 Å². The molecular formula is C23H35N3O3. The van der Waals surface area contributed by atoms with Crippen LogP contribution >= 0.6 is 0 Å². The minimum atomic E-state index is -0.190. The average Bonchev–Trinajstić information content (AvgIpc) is 3.17. The van der Waals surface area contributed by atoms with E-state index in [4.69, 9.17) is 9.15 Å². The Morgan fingerprint density at radius 3 is 2.41 bits per heavy atom. The fraction of sp³-hybridized carbons (Fsp3) is 0.565. The molecule has 1 heterocycles. The Labute approximate surface area is 174 Å². The van der Waals surface area contributed by atoms with Crippen LogP contribution in [0, 0.1) is 5.92 Å². The molecule has 0 bridgehead atoms. The van der Waals surface area contributed by atoms with Crippen LogP contribution in [0.15, 0.2) is 34.9 Å². The summed E-state index contributed by atoms with van der Waals surface area (Å²) in [6, 6.07) is 8.61. The summed E-state index contributed by atoms with van der Waals surface area (Å²) in [6.07, 6.45) is 2.32. The monoisotopic (exact) mass is 401 g/mol. The summed E-state index contributed by atoms with van der Waals surface area (Å²) in [7, 11) is 0. The van der Waals surface area contributed by atoms with Crippen LogP contribution < -0.4 is 10.1 Å². The molecule has 0 fully saturated rings. The highest BCUT2D eigenvalue weighted by molar-refractivity contribution is 5.92. The first-order chi connectivity index (χ1) is 13.8. The third kappa shape index (κ3) is 6.89. The lowest BCUT2D eigenvalue weighted by atomic mass is 10.0. The molecule has 6 nitrogen and oxygen atoms in total. The van der Waals surface area contributed by atoms with Gasteiger partial charge < -0.3 is 14.5 Å². The summed E-state index contributed by atoms with van der Waals surface area (Å²) >= 11 is 0. The van der Waals surface area contributed by atoms with E-state index in [9.17, 15) is 4.79 Å². The first kappa shape index (κ1) is 22.9. The first-order valence-corrected chi connectivity index (χ1v) is 10.5. The van der Waals surface area contributed by atoms with Gasteiger partial charge in [-0.3, -0.25) is 9.69 Å². The summed E-state index contributed by atoms with van der Waals surface area (Å²) in [6.45, 7) is 14.6. The average molecular weight is 402 g/mol. The molecule has 6 heteroatoms. The molecule has 0 aliphatic carbocycles. The fourth-order valence-electron chi connectivity index (χ4n) is 2.92. The van der Waals surface area contributed by atoms with Gasteiger partial charge in [0.2, 0.25) is 5.89 Å². The number of nitrogens with zero attached hydrogens (tertiary/aromatic N) is 2. The number of oxazole rings is 1. The molecule has 1 N–H and O–H groups in total. The minimum Gasteiger partial charge on any atom is -0.494 e. The number of carbonyl (C=O) groups is 1. The van der Waals surface area contributed by atoms with Gasteiger partial charge in [0, 0.05) is 18.6 Å². The van der Waals surface area contributed by atoms with E-state index < -0.39 is 0 Å². The number of nitrogens with one attached hydrogen (secondary N) is 1. The maximum absolute atomic E-state index is 12.3. The Bertz CT molecular complexity index is 755. The third-order valence-corrected chi connectivity index (χ3v) is 5.27. The summed E-state index contributed by atoms with van der Waals surface area (Å²) in [5.41, 5.74) is 1.53. The Morgan fingerprint density at radius 1 is 1.14 bits per heavy atom. The normalized spacial score (nSPS) is 13.5. The number of hydrogen-bond acceptors (Lipinski definition) is 5. The van der Waals surface area contributed by atoms with Crippen LogP contribution in [0.2, 0.25) is 0 Å². The highest BCUT2D eigenvalue weighted by Gasteiger charge is 2.21. The van der Waals surface area contributed by atoms with Crippen LogP contribution in [0.3, 0.4) is 0 Å². The Kier molecular flexibility index (Phi) is 8.70. The molecule has 2 aromatic rings. The molecule has 1 aromatic carbocycles. The van der Waals surface area contributed by atoms with E-state index in [1.807, 2.05) is 32.9 Å². The molecule has 1 aromatic heterocycles. The molecule has 0 radical (unpaired) electrons. The number of amides is 1. The maximum atomic E-state index is 12.3. The second-order valence-electron chi connectivity index (χ2n) is 7.88. The lowest BCUT2D eigenvalue weighted by molar-refractivity contribution is 0.0934. The standard InChI is InChI=1S/C23H35N3O3/c1-7-17(5)24-23(27)21-15-29-22(25-21)14-26(18(6)16(3)4)13-19-9-11-20(12-10-19)28-8-2/h9-12,15-18H,7-8,13-14H2,1-6H3,(H,24,27)/t17-,18+/m1/s1. The number of carbonyl (C=O) groups excluding carboxylic acids is 1. The SMILES string of the molecule is CCOc1ccc(CN(Cc2nc(C(=O)N[C@H](C)CC)co2)[C@@H](C)C(C)C)cc1. The predicted molar refractivity (Wildman–Crippen MR) is 115 cm³/mol. The van der Waals surface area contributed by atoms with E-state index in [0.29, 0.717) is 36.7 Å². The zero-order valence-electron chi connectivity index (χ0n) is 18.6. The third-order valence-electron chi connectivity index (χ3n) is 5.27. The second-order valence-corrected chi connectivity index (χ2v) is 7.88. The Morgan fingerprint density at radius 2 is 1.83 bits per heavy atom. The van der Waals surface area contributed by atoms with E-state index in [-0.39, 0.29) is 11.9 Å². The minimum absolute atomic E-state index is 0.111. The van der Waals surface area contributed by atoms with Crippen LogP contribution in [-0.2, 0) is 13.1 Å². The second kappa shape index (κ2) is 11.0. The molecule has 1 amide bonds. The molecule has 0 aliphatic rings. The summed E-state index contributed by atoms with van der Waals surface area (Å²) in [4.78, 5) is 19.0. The number of rotatable bonds is 11. The van der Waals surface area contributed by atoms with E-state index >= 15 is 0 Å². The van der Waals surface area contributed by atoms with Gasteiger partial charge in [-0.2, -0.15) is 0 Å². The smallest absolute Gasteiger partial charge is 0.273 e. The molecule has 0 unspecified atom stereocenters. The molecule has 160 valence electrons. The van der Waals surface area contributed by atoms with Gasteiger partial charge in [-0.1, -0.05) is 32.9 Å². The van der Waals surface area contributed by atoms with Crippen molar-refractivity contribution in [1.29, 1.82) is 0 Å². The van der Waals surface area contributed by atoms with Crippen molar-refractivity contribution in [3.8, 4) is 5.75 Å². The van der Waals surface area contributed by atoms with E-state index in [2.05, 4.69) is 48.1 Å². The zero-order chi connectivity index (χ0) is 21.4. The van der Waals surface area contributed by atoms with Crippen molar-refractivity contribution in [1.82, 2.24) is 15.2 Å². The predicted octanol–water partition coefficient (Wildman–Crippen LogP) is 4.65. The van der Waals surface area contributed by atoms with Gasteiger partial charge in [0.05, 0.1) is 13.2 Å². The van der Waals surface area contributed by atoms with Crippen molar-refractivity contribution in [2.75, 3.05) is 6.61 Å². The van der Waals surface area contributed by atoms with Gasteiger partial charge in [0.15, 0.2) is 5.69 Å². The van der Waals surface area contributed by atoms with E-state index in [1.54, 1.807) is 0 Å². The molecule has 29 heavy (non-hydrogen) atoms. The molecule has 0 spiro atoms. The van der Waals surface area contributed by atoms with Crippen molar-refractivity contribution < 1.29 is 13.9 Å². The maximum Gasteiger partial charge on any atom is 0.273 e.